The molecule has 1 saturated carbocycles. The summed E-state index contributed by atoms with van der Waals surface area (Å²) in [6, 6.07) is 1.73. The summed E-state index contributed by atoms with van der Waals surface area (Å²) in [5.41, 5.74) is 0.368. The summed E-state index contributed by atoms with van der Waals surface area (Å²) in [6.07, 6.45) is 5.46. The number of carbonyl (C=O) groups excluding carboxylic acids is 2. The van der Waals surface area contributed by atoms with Gasteiger partial charge in [-0.1, -0.05) is 0 Å². The average molecular weight is 374 g/mol. The molecule has 0 radical (unpaired) electrons. The van der Waals surface area contributed by atoms with E-state index in [-0.39, 0.29) is 35.5 Å². The topological polar surface area (TPSA) is 115 Å². The van der Waals surface area contributed by atoms with E-state index in [0.717, 1.165) is 12.1 Å². The maximum atomic E-state index is 12.0. The molecule has 1 aliphatic carbocycles. The highest BCUT2D eigenvalue weighted by molar-refractivity contribution is 5.94. The molecule has 0 aromatic carbocycles. The Balaban J connectivity index is 1.25. The number of alkyl carbamates (subject to hydrolysis) is 1. The summed E-state index contributed by atoms with van der Waals surface area (Å²) in [5.74, 6) is 2.80. The number of nitrogens with zero attached hydrogens (tertiary/aromatic N) is 1. The molecule has 3 aliphatic rings. The number of hydrogen-bond donors (Lipinski definition) is 3. The summed E-state index contributed by atoms with van der Waals surface area (Å²) in [4.78, 5) is 24.0. The van der Waals surface area contributed by atoms with Crippen molar-refractivity contribution in [3.63, 3.8) is 0 Å². The van der Waals surface area contributed by atoms with Crippen LogP contribution in [0.25, 0.3) is 0 Å². The van der Waals surface area contributed by atoms with Crippen molar-refractivity contribution < 1.29 is 23.8 Å². The van der Waals surface area contributed by atoms with Crippen LogP contribution in [0.3, 0.4) is 0 Å². The molecule has 9 nitrogen and oxygen atoms in total. The first-order valence-corrected chi connectivity index (χ1v) is 8.96. The van der Waals surface area contributed by atoms with E-state index in [0.29, 0.717) is 32.1 Å². The van der Waals surface area contributed by atoms with Gasteiger partial charge in [0.2, 0.25) is 5.91 Å². The minimum Gasteiger partial charge on any atom is -0.444 e. The van der Waals surface area contributed by atoms with Gasteiger partial charge in [-0.15, -0.1) is 12.3 Å². The lowest BCUT2D eigenvalue weighted by atomic mass is 10.0. The molecule has 0 spiro atoms. The van der Waals surface area contributed by atoms with Gasteiger partial charge in [-0.2, -0.15) is 5.10 Å². The predicted octanol–water partition coefficient (Wildman–Crippen LogP) is 0.963. The minimum absolute atomic E-state index is 0.0272. The molecular weight excluding hydrogens is 352 g/mol. The van der Waals surface area contributed by atoms with Crippen molar-refractivity contribution in [2.75, 3.05) is 25.1 Å². The Morgan fingerprint density at radius 3 is 2.93 bits per heavy atom. The van der Waals surface area contributed by atoms with Crippen LogP contribution < -0.4 is 10.6 Å². The van der Waals surface area contributed by atoms with Crippen molar-refractivity contribution in [1.29, 1.82) is 0 Å². The second kappa shape index (κ2) is 6.87. The summed E-state index contributed by atoms with van der Waals surface area (Å²) in [5, 5.41) is 12.5. The number of nitrogens with one attached hydrogen (secondary N) is 3. The van der Waals surface area contributed by atoms with Gasteiger partial charge in [0.05, 0.1) is 37.0 Å². The fourth-order valence-electron chi connectivity index (χ4n) is 3.26. The van der Waals surface area contributed by atoms with E-state index in [1.54, 1.807) is 6.07 Å². The Kier molecular flexibility index (Phi) is 4.53. The van der Waals surface area contributed by atoms with E-state index in [1.807, 2.05) is 6.92 Å². The molecule has 0 unspecified atom stereocenters. The summed E-state index contributed by atoms with van der Waals surface area (Å²) in [6.45, 7) is 3.17. The third kappa shape index (κ3) is 3.91. The third-order valence-corrected chi connectivity index (χ3v) is 5.02. The molecule has 2 saturated heterocycles. The highest BCUT2D eigenvalue weighted by Gasteiger charge is 2.42. The Labute approximate surface area is 156 Å². The van der Waals surface area contributed by atoms with Crippen molar-refractivity contribution in [2.24, 2.45) is 11.8 Å². The number of aromatic amines is 1. The maximum Gasteiger partial charge on any atom is 0.408 e. The van der Waals surface area contributed by atoms with Crippen LogP contribution in [0, 0.1) is 24.2 Å². The first kappa shape index (κ1) is 17.8. The third-order valence-electron chi connectivity index (χ3n) is 5.02. The summed E-state index contributed by atoms with van der Waals surface area (Å²) in [7, 11) is 0. The zero-order chi connectivity index (χ0) is 19.0. The normalized spacial score (nSPS) is 30.7. The highest BCUT2D eigenvalue weighted by Crippen LogP contribution is 2.38. The molecule has 3 N–H and O–H groups in total. The Morgan fingerprint density at radius 1 is 1.44 bits per heavy atom. The number of hydrogen-bond acceptors (Lipinski definition) is 6. The summed E-state index contributed by atoms with van der Waals surface area (Å²) < 4.78 is 16.2. The lowest BCUT2D eigenvalue weighted by Crippen LogP contribution is -2.60. The van der Waals surface area contributed by atoms with Crippen LogP contribution in [0.4, 0.5) is 10.6 Å². The SMILES string of the molecule is C#C[C@H]1C[C@@H]1C(=O)Nc1cc([C@@H]2C[C@H](OC(=O)NC3(C)COC3)CO2)[nH]n1. The molecule has 1 aromatic rings. The first-order chi connectivity index (χ1) is 13.0. The standard InChI is InChI=1S/C18H22N4O5/c1-3-10-4-12(10)16(23)19-15-6-13(21-22-15)14-5-11(7-26-14)27-17(24)20-18(2)8-25-9-18/h1,6,10-12,14H,4-5,7-9H2,2H3,(H,20,24)(H2,19,21,22,23)/t10-,11-,12-,14-/m0/s1. The van der Waals surface area contributed by atoms with E-state index in [2.05, 4.69) is 26.8 Å². The van der Waals surface area contributed by atoms with Gasteiger partial charge in [-0.3, -0.25) is 9.89 Å². The molecule has 3 fully saturated rings. The Hall–Kier alpha value is -2.57. The molecule has 1 aromatic heterocycles. The van der Waals surface area contributed by atoms with E-state index >= 15 is 0 Å². The van der Waals surface area contributed by atoms with Crippen LogP contribution in [-0.2, 0) is 19.0 Å². The van der Waals surface area contributed by atoms with Crippen LogP contribution in [-0.4, -0.2) is 53.7 Å². The van der Waals surface area contributed by atoms with Gasteiger partial charge < -0.3 is 24.8 Å². The van der Waals surface area contributed by atoms with Crippen LogP contribution in [0.1, 0.15) is 31.6 Å². The quantitative estimate of drug-likeness (QED) is 0.662. The minimum atomic E-state index is -0.472. The average Bonchev–Trinajstić information content (AvgIpc) is 3.02. The van der Waals surface area contributed by atoms with Gasteiger partial charge in [0.25, 0.3) is 0 Å². The number of terminal acetylenes is 1. The van der Waals surface area contributed by atoms with Crippen LogP contribution in [0.2, 0.25) is 0 Å². The van der Waals surface area contributed by atoms with E-state index in [4.69, 9.17) is 20.6 Å². The lowest BCUT2D eigenvalue weighted by Gasteiger charge is -2.38. The van der Waals surface area contributed by atoms with Gasteiger partial charge in [0, 0.05) is 18.4 Å². The Morgan fingerprint density at radius 2 is 2.26 bits per heavy atom. The van der Waals surface area contributed by atoms with Gasteiger partial charge in [0.1, 0.15) is 12.2 Å². The number of ether oxygens (including phenoxy) is 3. The number of aromatic nitrogens is 2. The summed E-state index contributed by atoms with van der Waals surface area (Å²) >= 11 is 0. The fraction of sp³-hybridized carbons (Fsp3) is 0.611. The van der Waals surface area contributed by atoms with Crippen LogP contribution in [0.5, 0.6) is 0 Å². The molecule has 3 heterocycles. The van der Waals surface area contributed by atoms with Crippen LogP contribution in [0.15, 0.2) is 6.07 Å². The molecule has 0 bridgehead atoms. The van der Waals surface area contributed by atoms with Crippen molar-refractivity contribution in [2.45, 2.75) is 37.5 Å². The molecule has 2 aliphatic heterocycles. The lowest BCUT2D eigenvalue weighted by molar-refractivity contribution is -0.117. The number of carbonyl (C=O) groups is 2. The van der Waals surface area contributed by atoms with Crippen molar-refractivity contribution >= 4 is 17.8 Å². The molecule has 2 amide bonds. The monoisotopic (exact) mass is 374 g/mol. The molecule has 27 heavy (non-hydrogen) atoms. The fourth-order valence-corrected chi connectivity index (χ4v) is 3.26. The van der Waals surface area contributed by atoms with E-state index in [9.17, 15) is 9.59 Å². The molecule has 4 rings (SSSR count). The van der Waals surface area contributed by atoms with Gasteiger partial charge in [-0.25, -0.2) is 4.79 Å². The molecular formula is C18H22N4O5. The molecule has 4 atom stereocenters. The predicted molar refractivity (Wildman–Crippen MR) is 93.6 cm³/mol. The number of H-pyrrole nitrogens is 1. The van der Waals surface area contributed by atoms with Gasteiger partial charge in [0.15, 0.2) is 5.82 Å². The molecule has 9 heteroatoms. The zero-order valence-electron chi connectivity index (χ0n) is 15.0. The Bertz CT molecular complexity index is 781. The number of anilines is 1. The largest absolute Gasteiger partial charge is 0.444 e. The smallest absolute Gasteiger partial charge is 0.408 e. The van der Waals surface area contributed by atoms with Crippen molar-refractivity contribution in [3.05, 3.63) is 11.8 Å². The second-order valence-corrected chi connectivity index (χ2v) is 7.58. The van der Waals surface area contributed by atoms with E-state index < -0.39 is 6.09 Å². The highest BCUT2D eigenvalue weighted by atomic mass is 16.6. The van der Waals surface area contributed by atoms with Crippen molar-refractivity contribution in [1.82, 2.24) is 15.5 Å². The number of rotatable bonds is 5. The van der Waals surface area contributed by atoms with Gasteiger partial charge >= 0.3 is 6.09 Å². The maximum absolute atomic E-state index is 12.0. The first-order valence-electron chi connectivity index (χ1n) is 8.96. The van der Waals surface area contributed by atoms with Crippen LogP contribution >= 0.6 is 0 Å². The number of amides is 2. The van der Waals surface area contributed by atoms with Gasteiger partial charge in [-0.05, 0) is 13.3 Å². The van der Waals surface area contributed by atoms with Crippen molar-refractivity contribution in [3.8, 4) is 12.3 Å². The second-order valence-electron chi connectivity index (χ2n) is 7.58. The van der Waals surface area contributed by atoms with E-state index in [1.165, 1.54) is 0 Å². The molecule has 144 valence electrons. The zero-order valence-corrected chi connectivity index (χ0v) is 15.0.